The van der Waals surface area contributed by atoms with Crippen LogP contribution >= 0.6 is 0 Å². The number of carbonyl (C=O) groups is 1. The molecule has 0 aromatic carbocycles. The maximum absolute atomic E-state index is 11.6. The SMILES string of the molecule is O=C(CCC1=C=CC=C1)C1=C=CC=C1. The van der Waals surface area contributed by atoms with Gasteiger partial charge in [-0.1, -0.05) is 18.2 Å². The Kier molecular flexibility index (Phi) is 2.46. The van der Waals surface area contributed by atoms with Crippen molar-refractivity contribution in [1.29, 1.82) is 0 Å². The van der Waals surface area contributed by atoms with Crippen molar-refractivity contribution in [3.05, 3.63) is 59.1 Å². The summed E-state index contributed by atoms with van der Waals surface area (Å²) in [5.41, 5.74) is 7.78. The van der Waals surface area contributed by atoms with Crippen LogP contribution in [-0.2, 0) is 4.79 Å². The predicted molar refractivity (Wildman–Crippen MR) is 55.7 cm³/mol. The summed E-state index contributed by atoms with van der Waals surface area (Å²) in [7, 11) is 0. The van der Waals surface area contributed by atoms with E-state index in [4.69, 9.17) is 0 Å². The first-order valence-corrected chi connectivity index (χ1v) is 4.65. The Balaban J connectivity index is 1.90. The van der Waals surface area contributed by atoms with Gasteiger partial charge in [-0.15, -0.1) is 11.5 Å². The number of hydrogen-bond acceptors (Lipinski definition) is 1. The zero-order chi connectivity index (χ0) is 9.80. The van der Waals surface area contributed by atoms with Gasteiger partial charge in [0.1, 0.15) is 0 Å². The lowest BCUT2D eigenvalue weighted by molar-refractivity contribution is -0.115. The van der Waals surface area contributed by atoms with Crippen molar-refractivity contribution in [1.82, 2.24) is 0 Å². The third-order valence-corrected chi connectivity index (χ3v) is 2.18. The van der Waals surface area contributed by atoms with Gasteiger partial charge in [-0.3, -0.25) is 4.79 Å². The normalized spacial score (nSPS) is 16.3. The second kappa shape index (κ2) is 3.93. The summed E-state index contributed by atoms with van der Waals surface area (Å²) in [4.78, 5) is 11.6. The van der Waals surface area contributed by atoms with Crippen molar-refractivity contribution in [3.8, 4) is 0 Å². The second-order valence-electron chi connectivity index (χ2n) is 3.20. The van der Waals surface area contributed by atoms with Gasteiger partial charge < -0.3 is 0 Å². The van der Waals surface area contributed by atoms with Crippen LogP contribution in [0.1, 0.15) is 12.8 Å². The fourth-order valence-electron chi connectivity index (χ4n) is 1.41. The second-order valence-corrected chi connectivity index (χ2v) is 3.20. The Hall–Kier alpha value is -1.81. The monoisotopic (exact) mass is 182 g/mol. The number of Topliss-reactive ketones (excluding diaryl/α,β-unsaturated/α-hetero) is 1. The highest BCUT2D eigenvalue weighted by molar-refractivity contribution is 5.98. The highest BCUT2D eigenvalue weighted by Gasteiger charge is 2.08. The average molecular weight is 182 g/mol. The first-order valence-electron chi connectivity index (χ1n) is 4.65. The van der Waals surface area contributed by atoms with E-state index in [0.29, 0.717) is 12.0 Å². The minimum atomic E-state index is 0.157. The van der Waals surface area contributed by atoms with Crippen LogP contribution in [0.3, 0.4) is 0 Å². The standard InChI is InChI=1S/C13H10O/c14-13(12-7-3-4-8-12)10-9-11-5-1-2-6-11/h1-5,7H,9-10H2. The smallest absolute Gasteiger partial charge is 0.170 e. The highest BCUT2D eigenvalue weighted by Crippen LogP contribution is 2.13. The molecule has 1 nitrogen and oxygen atoms in total. The zero-order valence-corrected chi connectivity index (χ0v) is 7.79. The molecule has 2 rings (SSSR count). The molecule has 0 amide bonds. The average Bonchev–Trinajstić information content (AvgIpc) is 2.87. The molecule has 68 valence electrons. The van der Waals surface area contributed by atoms with E-state index in [-0.39, 0.29) is 5.78 Å². The number of rotatable bonds is 4. The molecule has 0 spiro atoms. The van der Waals surface area contributed by atoms with E-state index in [0.717, 1.165) is 12.0 Å². The summed E-state index contributed by atoms with van der Waals surface area (Å²) in [6, 6.07) is 0. The summed E-state index contributed by atoms with van der Waals surface area (Å²) >= 11 is 0. The van der Waals surface area contributed by atoms with Crippen molar-refractivity contribution in [3.63, 3.8) is 0 Å². The van der Waals surface area contributed by atoms with Crippen LogP contribution in [-0.4, -0.2) is 5.78 Å². The lowest BCUT2D eigenvalue weighted by Gasteiger charge is -1.97. The van der Waals surface area contributed by atoms with Gasteiger partial charge in [0.05, 0.1) is 5.57 Å². The predicted octanol–water partition coefficient (Wildman–Crippen LogP) is 2.64. The molecular weight excluding hydrogens is 172 g/mol. The Labute approximate surface area is 83.1 Å². The van der Waals surface area contributed by atoms with Crippen molar-refractivity contribution in [2.24, 2.45) is 0 Å². The van der Waals surface area contributed by atoms with E-state index in [1.165, 1.54) is 0 Å². The number of ketones is 1. The van der Waals surface area contributed by atoms with Crippen LogP contribution in [0.15, 0.2) is 59.1 Å². The van der Waals surface area contributed by atoms with Gasteiger partial charge in [0.25, 0.3) is 0 Å². The molecule has 0 radical (unpaired) electrons. The molecule has 0 N–H and O–H groups in total. The topological polar surface area (TPSA) is 17.1 Å². The van der Waals surface area contributed by atoms with Crippen LogP contribution < -0.4 is 0 Å². The molecule has 0 atom stereocenters. The minimum Gasteiger partial charge on any atom is -0.293 e. The first kappa shape index (κ1) is 8.77. The number of carbonyl (C=O) groups excluding carboxylic acids is 1. The van der Waals surface area contributed by atoms with E-state index >= 15 is 0 Å². The quantitative estimate of drug-likeness (QED) is 0.611. The van der Waals surface area contributed by atoms with E-state index < -0.39 is 0 Å². The first-order chi connectivity index (χ1) is 6.86. The van der Waals surface area contributed by atoms with Crippen LogP contribution in [0.25, 0.3) is 0 Å². The highest BCUT2D eigenvalue weighted by atomic mass is 16.1. The van der Waals surface area contributed by atoms with Gasteiger partial charge in [0.15, 0.2) is 5.78 Å². The van der Waals surface area contributed by atoms with Crippen LogP contribution in [0, 0.1) is 0 Å². The molecular formula is C13H10O. The summed E-state index contributed by atoms with van der Waals surface area (Å²) in [5.74, 6) is 0.157. The van der Waals surface area contributed by atoms with Crippen molar-refractivity contribution in [2.75, 3.05) is 0 Å². The lowest BCUT2D eigenvalue weighted by Crippen LogP contribution is -1.98. The third-order valence-electron chi connectivity index (χ3n) is 2.18. The number of allylic oxidation sites excluding steroid dienone is 6. The maximum atomic E-state index is 11.6. The number of hydrogen-bond donors (Lipinski definition) is 0. The molecule has 2 aliphatic carbocycles. The molecule has 0 aliphatic heterocycles. The Morgan fingerprint density at radius 3 is 2.57 bits per heavy atom. The molecule has 1 heteroatoms. The largest absolute Gasteiger partial charge is 0.293 e. The maximum Gasteiger partial charge on any atom is 0.170 e. The molecule has 0 saturated carbocycles. The van der Waals surface area contributed by atoms with E-state index in [9.17, 15) is 4.79 Å². The van der Waals surface area contributed by atoms with E-state index in [2.05, 4.69) is 11.5 Å². The summed E-state index contributed by atoms with van der Waals surface area (Å²) in [6.45, 7) is 0. The Morgan fingerprint density at radius 1 is 1.14 bits per heavy atom. The van der Waals surface area contributed by atoms with Gasteiger partial charge in [-0.05, 0) is 30.2 Å². The van der Waals surface area contributed by atoms with Crippen LogP contribution in [0.5, 0.6) is 0 Å². The molecule has 0 fully saturated rings. The van der Waals surface area contributed by atoms with E-state index in [1.54, 1.807) is 12.2 Å². The molecule has 0 heterocycles. The molecule has 2 aliphatic rings. The van der Waals surface area contributed by atoms with Gasteiger partial charge in [-0.2, -0.15) is 0 Å². The van der Waals surface area contributed by atoms with Crippen molar-refractivity contribution >= 4 is 5.78 Å². The molecule has 0 aromatic rings. The third kappa shape index (κ3) is 1.92. The molecule has 0 unspecified atom stereocenters. The van der Waals surface area contributed by atoms with Gasteiger partial charge in [-0.25, -0.2) is 0 Å². The van der Waals surface area contributed by atoms with Gasteiger partial charge >= 0.3 is 0 Å². The molecule has 0 aromatic heterocycles. The van der Waals surface area contributed by atoms with Gasteiger partial charge in [0, 0.05) is 6.42 Å². The zero-order valence-electron chi connectivity index (χ0n) is 7.79. The molecule has 14 heavy (non-hydrogen) atoms. The molecule has 0 bridgehead atoms. The van der Waals surface area contributed by atoms with Crippen molar-refractivity contribution in [2.45, 2.75) is 12.8 Å². The van der Waals surface area contributed by atoms with Crippen LogP contribution in [0.4, 0.5) is 0 Å². The van der Waals surface area contributed by atoms with Crippen LogP contribution in [0.2, 0.25) is 0 Å². The van der Waals surface area contributed by atoms with Gasteiger partial charge in [0.2, 0.25) is 0 Å². The summed E-state index contributed by atoms with van der Waals surface area (Å²) < 4.78 is 0. The Morgan fingerprint density at radius 2 is 1.93 bits per heavy atom. The fraction of sp³-hybridized carbons (Fsp3) is 0.154. The summed E-state index contributed by atoms with van der Waals surface area (Å²) in [5, 5.41) is 0. The fourth-order valence-corrected chi connectivity index (χ4v) is 1.41. The molecule has 0 saturated heterocycles. The van der Waals surface area contributed by atoms with Crippen molar-refractivity contribution < 1.29 is 4.79 Å². The summed E-state index contributed by atoms with van der Waals surface area (Å²) in [6.07, 6.45) is 12.5. The minimum absolute atomic E-state index is 0.157. The lowest BCUT2D eigenvalue weighted by atomic mass is 10.1. The Bertz CT molecular complexity index is 446. The van der Waals surface area contributed by atoms with E-state index in [1.807, 2.05) is 24.3 Å².